The molecule has 0 fully saturated rings. The molecule has 0 aliphatic heterocycles. The molecule has 4 N–H and O–H groups in total. The Balaban J connectivity index is 3.01. The molecule has 0 bridgehead atoms. The topological polar surface area (TPSA) is 115 Å². The van der Waals surface area contributed by atoms with Crippen LogP contribution in [0.15, 0.2) is 23.1 Å². The molecule has 1 heterocycles. The zero-order valence-electron chi connectivity index (χ0n) is 14.4. The van der Waals surface area contributed by atoms with Gasteiger partial charge in [-0.25, -0.2) is 4.79 Å². The summed E-state index contributed by atoms with van der Waals surface area (Å²) in [5.74, 6) is 0.148. The Morgan fingerprint density at radius 1 is 1.29 bits per heavy atom. The van der Waals surface area contributed by atoms with Gasteiger partial charge in [-0.1, -0.05) is 11.6 Å². The van der Waals surface area contributed by atoms with E-state index in [1.807, 2.05) is 6.92 Å². The van der Waals surface area contributed by atoms with Crippen molar-refractivity contribution in [2.75, 3.05) is 0 Å². The van der Waals surface area contributed by atoms with Crippen LogP contribution in [-0.4, -0.2) is 28.3 Å². The maximum Gasteiger partial charge on any atom is 0.511 e. The van der Waals surface area contributed by atoms with Gasteiger partial charge in [0.2, 0.25) is 6.29 Å². The predicted octanol–water partition coefficient (Wildman–Crippen LogP) is 2.32. The first kappa shape index (κ1) is 19.7. The molecule has 1 atom stereocenters. The highest BCUT2D eigenvalue weighted by Gasteiger charge is 2.17. The minimum Gasteiger partial charge on any atom is -0.453 e. The van der Waals surface area contributed by atoms with Crippen molar-refractivity contribution in [3.63, 3.8) is 0 Å². The van der Waals surface area contributed by atoms with Gasteiger partial charge < -0.3 is 25.7 Å². The Bertz CT molecular complexity index is 648. The summed E-state index contributed by atoms with van der Waals surface area (Å²) in [5.41, 5.74) is 13.3. The van der Waals surface area contributed by atoms with E-state index in [4.69, 9.17) is 37.3 Å². The highest BCUT2D eigenvalue weighted by molar-refractivity contribution is 6.29. The number of hydrogen-bond acceptors (Lipinski definition) is 7. The van der Waals surface area contributed by atoms with Crippen molar-refractivity contribution in [1.82, 2.24) is 9.78 Å². The maximum absolute atomic E-state index is 11.5. The van der Waals surface area contributed by atoms with Crippen LogP contribution in [0.25, 0.3) is 5.70 Å². The first-order valence-electron chi connectivity index (χ1n) is 7.27. The zero-order valence-corrected chi connectivity index (χ0v) is 15.1. The molecule has 0 amide bonds. The third-order valence-electron chi connectivity index (χ3n) is 2.70. The summed E-state index contributed by atoms with van der Waals surface area (Å²) in [7, 11) is 1.74. The van der Waals surface area contributed by atoms with Gasteiger partial charge >= 0.3 is 6.16 Å². The van der Waals surface area contributed by atoms with Crippen molar-refractivity contribution in [1.29, 1.82) is 0 Å². The van der Waals surface area contributed by atoms with Crippen molar-refractivity contribution >= 4 is 23.5 Å². The van der Waals surface area contributed by atoms with Crippen LogP contribution in [0.1, 0.15) is 32.2 Å². The fourth-order valence-electron chi connectivity index (χ4n) is 1.85. The molecule has 134 valence electrons. The monoisotopic (exact) mass is 358 g/mol. The first-order chi connectivity index (χ1) is 11.1. The molecule has 0 spiro atoms. The van der Waals surface area contributed by atoms with Gasteiger partial charge in [0.15, 0.2) is 5.76 Å². The Morgan fingerprint density at radius 3 is 2.38 bits per heavy atom. The zero-order chi connectivity index (χ0) is 18.4. The van der Waals surface area contributed by atoms with E-state index in [9.17, 15) is 4.79 Å². The molecule has 1 aromatic rings. The van der Waals surface area contributed by atoms with Crippen LogP contribution in [0.3, 0.4) is 0 Å². The number of ether oxygens (including phenoxy) is 3. The van der Waals surface area contributed by atoms with Crippen LogP contribution in [0.4, 0.5) is 4.79 Å². The number of nitrogens with zero attached hydrogens (tertiary/aromatic N) is 2. The highest BCUT2D eigenvalue weighted by Crippen LogP contribution is 2.19. The number of nitrogens with two attached hydrogens (primary N) is 2. The van der Waals surface area contributed by atoms with Crippen molar-refractivity contribution in [2.45, 2.75) is 40.1 Å². The first-order valence-corrected chi connectivity index (χ1v) is 7.65. The van der Waals surface area contributed by atoms with E-state index in [2.05, 4.69) is 5.10 Å². The normalized spacial score (nSPS) is 14.2. The van der Waals surface area contributed by atoms with E-state index in [-0.39, 0.29) is 22.7 Å². The van der Waals surface area contributed by atoms with Gasteiger partial charge in [0.05, 0.1) is 17.5 Å². The van der Waals surface area contributed by atoms with Crippen molar-refractivity contribution in [2.24, 2.45) is 18.5 Å². The molecular weight excluding hydrogens is 336 g/mol. The fourth-order valence-corrected chi connectivity index (χ4v) is 1.95. The largest absolute Gasteiger partial charge is 0.511 e. The van der Waals surface area contributed by atoms with Gasteiger partial charge in [-0.3, -0.25) is 4.68 Å². The summed E-state index contributed by atoms with van der Waals surface area (Å²) in [4.78, 5) is 11.5. The average Bonchev–Trinajstić information content (AvgIpc) is 2.74. The summed E-state index contributed by atoms with van der Waals surface area (Å²) in [6, 6.07) is 1.77. The standard InChI is InChI=1S/C15H23ClN4O4/c1-8(2)22-15(21)24-10(4)23-12(7-13(16)17)14(18)11-6-9(3)19-20(11)5/h6-8,10H,17-18H2,1-5H3/b13-7-,14-12+. The minimum absolute atomic E-state index is 0.0382. The highest BCUT2D eigenvalue weighted by atomic mass is 35.5. The lowest BCUT2D eigenvalue weighted by Gasteiger charge is -2.18. The SMILES string of the molecule is Cc1cc(/C(N)=C(/C=C(\N)Cl)OC(C)OC(=O)OC(C)C)n(C)n1. The summed E-state index contributed by atoms with van der Waals surface area (Å²) in [5, 5.41) is 4.17. The Hall–Kier alpha value is -2.35. The molecule has 0 aromatic carbocycles. The maximum atomic E-state index is 11.5. The van der Waals surface area contributed by atoms with Crippen LogP contribution >= 0.6 is 11.6 Å². The molecule has 8 nitrogen and oxygen atoms in total. The number of carbonyl (C=O) groups excluding carboxylic acids is 1. The summed E-state index contributed by atoms with van der Waals surface area (Å²) in [6.07, 6.45) is -0.797. The smallest absolute Gasteiger partial charge is 0.453 e. The Kier molecular flexibility index (Phi) is 6.97. The molecule has 1 unspecified atom stereocenters. The van der Waals surface area contributed by atoms with Crippen LogP contribution in [0.5, 0.6) is 0 Å². The molecule has 0 radical (unpaired) electrons. The molecule has 0 saturated carbocycles. The minimum atomic E-state index is -0.966. The van der Waals surface area contributed by atoms with Crippen LogP contribution in [-0.2, 0) is 21.3 Å². The van der Waals surface area contributed by atoms with Crippen molar-refractivity contribution in [3.8, 4) is 0 Å². The van der Waals surface area contributed by atoms with Gasteiger partial charge in [-0.15, -0.1) is 0 Å². The molecule has 1 rings (SSSR count). The molecule has 0 aliphatic carbocycles. The number of halogens is 1. The summed E-state index contributed by atoms with van der Waals surface area (Å²) >= 11 is 5.72. The number of hydrogen-bond donors (Lipinski definition) is 2. The van der Waals surface area contributed by atoms with Crippen molar-refractivity contribution < 1.29 is 19.0 Å². The second-order valence-electron chi connectivity index (χ2n) is 5.32. The Labute approximate surface area is 146 Å². The van der Waals surface area contributed by atoms with E-state index >= 15 is 0 Å². The quantitative estimate of drug-likeness (QED) is 0.263. The van der Waals surface area contributed by atoms with E-state index in [1.54, 1.807) is 31.6 Å². The third kappa shape index (κ3) is 6.04. The summed E-state index contributed by atoms with van der Waals surface area (Å²) in [6.45, 7) is 6.76. The lowest BCUT2D eigenvalue weighted by molar-refractivity contribution is -0.0870. The Morgan fingerprint density at radius 2 is 1.92 bits per heavy atom. The molecule has 0 saturated heterocycles. The number of carbonyl (C=O) groups is 1. The summed E-state index contributed by atoms with van der Waals surface area (Å²) < 4.78 is 17.0. The second-order valence-corrected chi connectivity index (χ2v) is 5.76. The number of allylic oxidation sites excluding steroid dienone is 1. The van der Waals surface area contributed by atoms with Gasteiger partial charge in [-0.2, -0.15) is 5.10 Å². The molecule has 9 heteroatoms. The van der Waals surface area contributed by atoms with E-state index in [0.29, 0.717) is 5.69 Å². The van der Waals surface area contributed by atoms with E-state index in [1.165, 1.54) is 13.0 Å². The predicted molar refractivity (Wildman–Crippen MR) is 90.4 cm³/mol. The number of rotatable bonds is 6. The molecule has 1 aromatic heterocycles. The van der Waals surface area contributed by atoms with E-state index in [0.717, 1.165) is 5.69 Å². The lowest BCUT2D eigenvalue weighted by Crippen LogP contribution is -2.22. The van der Waals surface area contributed by atoms with Gasteiger partial charge in [0.25, 0.3) is 0 Å². The molecule has 24 heavy (non-hydrogen) atoms. The van der Waals surface area contributed by atoms with E-state index < -0.39 is 12.4 Å². The fraction of sp³-hybridized carbons (Fsp3) is 0.467. The van der Waals surface area contributed by atoms with Gasteiger partial charge in [-0.05, 0) is 26.8 Å². The lowest BCUT2D eigenvalue weighted by atomic mass is 10.2. The van der Waals surface area contributed by atoms with Crippen molar-refractivity contribution in [3.05, 3.63) is 34.4 Å². The van der Waals surface area contributed by atoms with Crippen LogP contribution < -0.4 is 11.5 Å². The number of aromatic nitrogens is 2. The van der Waals surface area contributed by atoms with Gasteiger partial charge in [0.1, 0.15) is 10.9 Å². The van der Waals surface area contributed by atoms with Crippen LogP contribution in [0, 0.1) is 6.92 Å². The van der Waals surface area contributed by atoms with Crippen LogP contribution in [0.2, 0.25) is 0 Å². The van der Waals surface area contributed by atoms with Gasteiger partial charge in [0, 0.05) is 20.0 Å². The molecular formula is C15H23ClN4O4. The number of aryl methyl sites for hydroxylation is 2. The third-order valence-corrected chi connectivity index (χ3v) is 2.81. The molecule has 0 aliphatic rings. The second kappa shape index (κ2) is 8.49. The average molecular weight is 359 g/mol.